The lowest BCUT2D eigenvalue weighted by atomic mass is 9.63. The number of unbranched alkanes of at least 4 members (excludes halogenated alkanes) is 3. The van der Waals surface area contributed by atoms with Crippen molar-refractivity contribution in [3.05, 3.63) is 34.6 Å². The number of aryl methyl sites for hydroxylation is 1. The molecule has 0 spiro atoms. The molecule has 0 amide bonds. The fourth-order valence-corrected chi connectivity index (χ4v) is 6.91. The van der Waals surface area contributed by atoms with Crippen LogP contribution < -0.4 is 0 Å². The van der Waals surface area contributed by atoms with Crippen LogP contribution in [0.5, 0.6) is 0 Å². The number of hydrogen-bond acceptors (Lipinski definition) is 0. The number of rotatable bonds is 7. The zero-order valence-electron chi connectivity index (χ0n) is 19.0. The number of hydrogen-bond donors (Lipinski definition) is 0. The quantitative estimate of drug-likeness (QED) is 0.403. The summed E-state index contributed by atoms with van der Waals surface area (Å²) in [6.45, 7) is 4.56. The summed E-state index contributed by atoms with van der Waals surface area (Å²) in [6.07, 6.45) is 20.0. The van der Waals surface area contributed by atoms with Crippen LogP contribution in [0.1, 0.15) is 120 Å². The predicted molar refractivity (Wildman–Crippen MR) is 122 cm³/mol. The molecule has 0 heterocycles. The van der Waals surface area contributed by atoms with E-state index in [9.17, 15) is 4.39 Å². The van der Waals surface area contributed by atoms with Gasteiger partial charge in [-0.3, -0.25) is 0 Å². The summed E-state index contributed by atoms with van der Waals surface area (Å²) in [5.41, 5.74) is 3.71. The Kier molecular flexibility index (Phi) is 7.35. The van der Waals surface area contributed by atoms with E-state index in [4.69, 9.17) is 0 Å². The van der Waals surface area contributed by atoms with E-state index in [2.05, 4.69) is 19.9 Å². The van der Waals surface area contributed by atoms with Crippen LogP contribution >= 0.6 is 0 Å². The largest absolute Gasteiger partial charge is 0.207 e. The zero-order valence-corrected chi connectivity index (χ0v) is 19.0. The second-order valence-corrected chi connectivity index (χ2v) is 10.7. The summed E-state index contributed by atoms with van der Waals surface area (Å²) in [7, 11) is 0. The Labute approximate surface area is 179 Å². The minimum atomic E-state index is 0.105. The van der Waals surface area contributed by atoms with E-state index in [1.165, 1.54) is 94.6 Å². The summed E-state index contributed by atoms with van der Waals surface area (Å²) < 4.78 is 15.0. The highest BCUT2D eigenvalue weighted by Crippen LogP contribution is 2.49. The van der Waals surface area contributed by atoms with Gasteiger partial charge in [0.1, 0.15) is 5.82 Å². The molecule has 5 atom stereocenters. The van der Waals surface area contributed by atoms with Crippen molar-refractivity contribution in [2.24, 2.45) is 23.7 Å². The highest BCUT2D eigenvalue weighted by molar-refractivity contribution is 5.37. The van der Waals surface area contributed by atoms with Crippen molar-refractivity contribution in [3.63, 3.8) is 0 Å². The molecule has 0 radical (unpaired) electrons. The third-order valence-corrected chi connectivity index (χ3v) is 8.86. The average Bonchev–Trinajstić information content (AvgIpc) is 2.76. The molecule has 0 saturated heterocycles. The highest BCUT2D eigenvalue weighted by Gasteiger charge is 2.36. The van der Waals surface area contributed by atoms with Gasteiger partial charge in [-0.2, -0.15) is 0 Å². The Morgan fingerprint density at radius 1 is 0.862 bits per heavy atom. The predicted octanol–water partition coefficient (Wildman–Crippen LogP) is 8.61. The second kappa shape index (κ2) is 9.97. The molecule has 0 N–H and O–H groups in total. The van der Waals surface area contributed by atoms with Crippen molar-refractivity contribution in [2.75, 3.05) is 0 Å². The number of benzene rings is 1. The van der Waals surface area contributed by atoms with E-state index in [1.807, 2.05) is 6.07 Å². The first-order valence-electron chi connectivity index (χ1n) is 13.0. The molecule has 29 heavy (non-hydrogen) atoms. The van der Waals surface area contributed by atoms with Crippen LogP contribution in [0.4, 0.5) is 4.39 Å². The topological polar surface area (TPSA) is 0 Å². The van der Waals surface area contributed by atoms with E-state index in [0.717, 1.165) is 36.2 Å². The van der Waals surface area contributed by atoms with Crippen LogP contribution in [-0.4, -0.2) is 0 Å². The first kappa shape index (κ1) is 21.4. The summed E-state index contributed by atoms with van der Waals surface area (Å²) in [4.78, 5) is 0. The van der Waals surface area contributed by atoms with Gasteiger partial charge in [-0.1, -0.05) is 64.9 Å². The maximum Gasteiger partial charge on any atom is 0.126 e. The zero-order chi connectivity index (χ0) is 20.2. The first-order chi connectivity index (χ1) is 14.2. The van der Waals surface area contributed by atoms with Gasteiger partial charge in [0, 0.05) is 0 Å². The van der Waals surface area contributed by atoms with Gasteiger partial charge in [-0.25, -0.2) is 4.39 Å². The van der Waals surface area contributed by atoms with Crippen molar-refractivity contribution < 1.29 is 4.39 Å². The van der Waals surface area contributed by atoms with E-state index in [1.54, 1.807) is 0 Å². The summed E-state index contributed by atoms with van der Waals surface area (Å²) in [6, 6.07) is 4.34. The minimum Gasteiger partial charge on any atom is -0.207 e. The molecule has 4 rings (SSSR count). The number of halogens is 1. The van der Waals surface area contributed by atoms with Crippen molar-refractivity contribution >= 4 is 0 Å². The van der Waals surface area contributed by atoms with E-state index in [-0.39, 0.29) is 5.82 Å². The molecule has 2 saturated carbocycles. The van der Waals surface area contributed by atoms with Crippen LogP contribution in [0.2, 0.25) is 0 Å². The van der Waals surface area contributed by atoms with Crippen LogP contribution in [0.25, 0.3) is 0 Å². The molecule has 5 unspecified atom stereocenters. The standard InChI is InChI=1S/C28H43F/c1-3-5-6-7-8-21-10-11-23-17-24(14-13-22(23)15-21)26-18-25-12-9-20(4-2)16-27(25)28(29)19-26/h18-24H,3-17H2,1-2H3. The summed E-state index contributed by atoms with van der Waals surface area (Å²) in [5.74, 6) is 4.27. The maximum absolute atomic E-state index is 15.0. The lowest BCUT2D eigenvalue weighted by molar-refractivity contribution is 0.113. The second-order valence-electron chi connectivity index (χ2n) is 10.7. The van der Waals surface area contributed by atoms with Crippen molar-refractivity contribution in [2.45, 2.75) is 116 Å². The molecule has 1 heteroatoms. The average molecular weight is 399 g/mol. The van der Waals surface area contributed by atoms with Crippen molar-refractivity contribution in [1.29, 1.82) is 0 Å². The fourth-order valence-electron chi connectivity index (χ4n) is 6.91. The minimum absolute atomic E-state index is 0.105. The molecule has 0 nitrogen and oxygen atoms in total. The van der Waals surface area contributed by atoms with Crippen LogP contribution in [0.15, 0.2) is 12.1 Å². The Bertz CT molecular complexity index is 663. The van der Waals surface area contributed by atoms with Gasteiger partial charge in [-0.15, -0.1) is 0 Å². The normalized spacial score (nSPS) is 31.9. The lowest BCUT2D eigenvalue weighted by Crippen LogP contribution is -2.30. The van der Waals surface area contributed by atoms with Crippen molar-refractivity contribution in [3.8, 4) is 0 Å². The molecule has 3 aliphatic carbocycles. The smallest absolute Gasteiger partial charge is 0.126 e. The molecule has 2 fully saturated rings. The molecule has 1 aromatic rings. The molecule has 1 aromatic carbocycles. The molecule has 0 bridgehead atoms. The Hall–Kier alpha value is -0.850. The van der Waals surface area contributed by atoms with Crippen LogP contribution in [0, 0.1) is 29.5 Å². The third kappa shape index (κ3) is 5.08. The van der Waals surface area contributed by atoms with Gasteiger partial charge in [0.2, 0.25) is 0 Å². The number of fused-ring (bicyclic) bond motifs is 2. The van der Waals surface area contributed by atoms with Gasteiger partial charge in [0.25, 0.3) is 0 Å². The Balaban J connectivity index is 1.34. The van der Waals surface area contributed by atoms with E-state index < -0.39 is 0 Å². The molecule has 0 aliphatic heterocycles. The van der Waals surface area contributed by atoms with E-state index >= 15 is 0 Å². The summed E-state index contributed by atoms with van der Waals surface area (Å²) in [5, 5.41) is 0. The SMILES string of the molecule is CCCCCCC1CCC2CC(c3cc(F)c4c(c3)CCC(CC)C4)CCC2C1. The first-order valence-corrected chi connectivity index (χ1v) is 13.0. The van der Waals surface area contributed by atoms with Gasteiger partial charge in [0.15, 0.2) is 0 Å². The van der Waals surface area contributed by atoms with Gasteiger partial charge in [-0.05, 0) is 104 Å². The maximum atomic E-state index is 15.0. The highest BCUT2D eigenvalue weighted by atomic mass is 19.1. The van der Waals surface area contributed by atoms with Crippen LogP contribution in [-0.2, 0) is 12.8 Å². The molecule has 0 aromatic heterocycles. The van der Waals surface area contributed by atoms with E-state index in [0.29, 0.717) is 11.8 Å². The summed E-state index contributed by atoms with van der Waals surface area (Å²) >= 11 is 0. The third-order valence-electron chi connectivity index (χ3n) is 8.86. The molecular weight excluding hydrogens is 355 g/mol. The Morgan fingerprint density at radius 3 is 2.52 bits per heavy atom. The molecule has 162 valence electrons. The monoisotopic (exact) mass is 398 g/mol. The van der Waals surface area contributed by atoms with Gasteiger partial charge < -0.3 is 0 Å². The molecule has 3 aliphatic rings. The molecular formula is C28H43F. The Morgan fingerprint density at radius 2 is 1.69 bits per heavy atom. The van der Waals surface area contributed by atoms with Gasteiger partial charge >= 0.3 is 0 Å². The fraction of sp³-hybridized carbons (Fsp3) is 0.786. The van der Waals surface area contributed by atoms with Crippen LogP contribution in [0.3, 0.4) is 0 Å². The van der Waals surface area contributed by atoms with Crippen molar-refractivity contribution in [1.82, 2.24) is 0 Å². The van der Waals surface area contributed by atoms with Gasteiger partial charge in [0.05, 0.1) is 0 Å². The lowest BCUT2D eigenvalue weighted by Gasteiger charge is -2.42.